The number of carbonyl (C=O) groups is 4. The van der Waals surface area contributed by atoms with Gasteiger partial charge in [0, 0.05) is 37.3 Å². The molecule has 1 saturated heterocycles. The number of Topliss-reactive ketones (excluding diaryl/α,β-unsaturated/α-hetero) is 1. The zero-order valence-electron chi connectivity index (χ0n) is 17.1. The van der Waals surface area contributed by atoms with Gasteiger partial charge in [0.05, 0.1) is 6.42 Å². The van der Waals surface area contributed by atoms with Crippen LogP contribution in [0.25, 0.3) is 0 Å². The number of imide groups is 1. The second-order valence-corrected chi connectivity index (χ2v) is 8.21. The van der Waals surface area contributed by atoms with Crippen LogP contribution in [-0.4, -0.2) is 44.3 Å². The lowest BCUT2D eigenvalue weighted by Gasteiger charge is -2.13. The lowest BCUT2D eigenvalue weighted by atomic mass is 10.1. The molecular weight excluding hydrogens is 392 g/mol. The fourth-order valence-electron chi connectivity index (χ4n) is 3.27. The molecule has 0 aromatic carbocycles. The van der Waals surface area contributed by atoms with E-state index in [0.717, 1.165) is 62.9 Å². The molecule has 9 heteroatoms. The number of anilines is 1. The van der Waals surface area contributed by atoms with E-state index in [1.54, 1.807) is 0 Å². The van der Waals surface area contributed by atoms with Crippen molar-refractivity contribution in [2.75, 3.05) is 11.9 Å². The van der Waals surface area contributed by atoms with Gasteiger partial charge in [-0.15, -0.1) is 0 Å². The van der Waals surface area contributed by atoms with Crippen LogP contribution in [0.15, 0.2) is 0 Å². The van der Waals surface area contributed by atoms with E-state index in [1.807, 2.05) is 0 Å². The maximum atomic E-state index is 11.9. The number of rotatable bonds is 14. The van der Waals surface area contributed by atoms with Crippen molar-refractivity contribution in [3.63, 3.8) is 0 Å². The van der Waals surface area contributed by atoms with Crippen molar-refractivity contribution in [2.24, 2.45) is 0 Å². The van der Waals surface area contributed by atoms with E-state index < -0.39 is 0 Å². The number of nitrogens with zero attached hydrogens (tertiary/aromatic N) is 3. The maximum Gasteiger partial charge on any atom is 0.229 e. The zero-order valence-corrected chi connectivity index (χ0v) is 17.9. The zero-order chi connectivity index (χ0) is 21.1. The summed E-state index contributed by atoms with van der Waals surface area (Å²) < 4.78 is 4.05. The van der Waals surface area contributed by atoms with Crippen molar-refractivity contribution in [2.45, 2.75) is 84.0 Å². The summed E-state index contributed by atoms with van der Waals surface area (Å²) in [5.41, 5.74) is 0. The van der Waals surface area contributed by atoms with Crippen LogP contribution < -0.4 is 5.32 Å². The van der Waals surface area contributed by atoms with Gasteiger partial charge < -0.3 is 5.32 Å². The van der Waals surface area contributed by atoms with Gasteiger partial charge >= 0.3 is 0 Å². The highest BCUT2D eigenvalue weighted by Crippen LogP contribution is 2.15. The molecule has 1 fully saturated rings. The van der Waals surface area contributed by atoms with Gasteiger partial charge in [0.2, 0.25) is 22.9 Å². The molecule has 0 unspecified atom stereocenters. The third-order valence-electron chi connectivity index (χ3n) is 4.81. The fourth-order valence-corrected chi connectivity index (χ4v) is 3.87. The third-order valence-corrected chi connectivity index (χ3v) is 5.48. The van der Waals surface area contributed by atoms with Gasteiger partial charge in [-0.2, -0.15) is 4.37 Å². The molecule has 0 atom stereocenters. The van der Waals surface area contributed by atoms with Crippen LogP contribution in [-0.2, 0) is 25.6 Å². The normalized spacial score (nSPS) is 13.9. The highest BCUT2D eigenvalue weighted by molar-refractivity contribution is 7.09. The lowest BCUT2D eigenvalue weighted by Crippen LogP contribution is -2.29. The average molecular weight is 423 g/mol. The molecule has 8 nitrogen and oxygen atoms in total. The van der Waals surface area contributed by atoms with Gasteiger partial charge in [0.15, 0.2) is 5.82 Å². The number of hydrogen-bond acceptors (Lipinski definition) is 7. The molecule has 0 spiro atoms. The molecule has 1 aromatic rings. The molecule has 1 aliphatic rings. The molecule has 1 N–H and O–H groups in total. The van der Waals surface area contributed by atoms with E-state index in [-0.39, 0.29) is 29.9 Å². The number of nitrogens with one attached hydrogen (secondary N) is 1. The molecule has 1 aliphatic heterocycles. The molecule has 3 amide bonds. The van der Waals surface area contributed by atoms with E-state index >= 15 is 0 Å². The summed E-state index contributed by atoms with van der Waals surface area (Å²) in [5, 5.41) is 3.18. The quantitative estimate of drug-likeness (QED) is 0.364. The Morgan fingerprint density at radius 1 is 0.966 bits per heavy atom. The first kappa shape index (κ1) is 23.1. The third kappa shape index (κ3) is 8.81. The van der Waals surface area contributed by atoms with E-state index in [1.165, 1.54) is 11.8 Å². The van der Waals surface area contributed by atoms with Crippen molar-refractivity contribution in [1.29, 1.82) is 0 Å². The predicted octanol–water partition coefficient (Wildman–Crippen LogP) is 3.27. The van der Waals surface area contributed by atoms with Crippen LogP contribution in [0.1, 0.15) is 83.4 Å². The largest absolute Gasteiger partial charge is 0.301 e. The summed E-state index contributed by atoms with van der Waals surface area (Å²) in [4.78, 5) is 51.5. The van der Waals surface area contributed by atoms with Gasteiger partial charge in [-0.3, -0.25) is 24.1 Å². The number of carbonyl (C=O) groups excluding carboxylic acids is 4. The summed E-state index contributed by atoms with van der Waals surface area (Å²) in [5.74, 6) is 0.332. The fraction of sp³-hybridized carbons (Fsp3) is 0.700. The van der Waals surface area contributed by atoms with Crippen LogP contribution in [0.2, 0.25) is 0 Å². The van der Waals surface area contributed by atoms with Gasteiger partial charge in [-0.1, -0.05) is 38.5 Å². The molecule has 0 saturated carbocycles. The first-order valence-corrected chi connectivity index (χ1v) is 11.2. The number of amides is 3. The van der Waals surface area contributed by atoms with Crippen molar-refractivity contribution in [3.8, 4) is 0 Å². The average Bonchev–Trinajstić information content (AvgIpc) is 3.22. The minimum Gasteiger partial charge on any atom is -0.301 e. The SMILES string of the molecule is CC(=O)Cc1nsc(NC(=O)CCCCCCCCCCN2C(=O)CCC2=O)n1. The molecule has 29 heavy (non-hydrogen) atoms. The van der Waals surface area contributed by atoms with Crippen LogP contribution in [0, 0.1) is 0 Å². The molecule has 1 aromatic heterocycles. The molecule has 160 valence electrons. The Morgan fingerprint density at radius 2 is 1.55 bits per heavy atom. The Labute approximate surface area is 175 Å². The first-order valence-electron chi connectivity index (χ1n) is 10.4. The van der Waals surface area contributed by atoms with Gasteiger partial charge in [-0.05, 0) is 19.8 Å². The maximum absolute atomic E-state index is 11.9. The topological polar surface area (TPSA) is 109 Å². The molecule has 2 heterocycles. The molecule has 2 rings (SSSR count). The van der Waals surface area contributed by atoms with Crippen molar-refractivity contribution in [1.82, 2.24) is 14.3 Å². The Bertz CT molecular complexity index is 703. The van der Waals surface area contributed by atoms with Gasteiger partial charge in [0.25, 0.3) is 0 Å². The number of aromatic nitrogens is 2. The Morgan fingerprint density at radius 3 is 2.17 bits per heavy atom. The molecule has 0 bridgehead atoms. The number of unbranched alkanes of at least 4 members (excludes halogenated alkanes) is 7. The number of hydrogen-bond donors (Lipinski definition) is 1. The summed E-state index contributed by atoms with van der Waals surface area (Å²) in [6, 6.07) is 0. The van der Waals surface area contributed by atoms with E-state index in [9.17, 15) is 19.2 Å². The van der Waals surface area contributed by atoms with Crippen LogP contribution in [0.3, 0.4) is 0 Å². The second-order valence-electron chi connectivity index (χ2n) is 7.46. The molecule has 0 aliphatic carbocycles. The molecule has 0 radical (unpaired) electrons. The predicted molar refractivity (Wildman–Crippen MR) is 110 cm³/mol. The number of ketones is 1. The highest BCUT2D eigenvalue weighted by atomic mass is 32.1. The smallest absolute Gasteiger partial charge is 0.229 e. The summed E-state index contributed by atoms with van der Waals surface area (Å²) in [6.45, 7) is 2.05. The van der Waals surface area contributed by atoms with Gasteiger partial charge in [0.1, 0.15) is 5.78 Å². The van der Waals surface area contributed by atoms with Crippen LogP contribution in [0.5, 0.6) is 0 Å². The summed E-state index contributed by atoms with van der Waals surface area (Å²) in [6.07, 6.45) is 9.64. The van der Waals surface area contributed by atoms with Crippen molar-refractivity contribution < 1.29 is 19.2 Å². The minimum absolute atomic E-state index is 0.00234. The Balaban J connectivity index is 1.42. The number of likely N-dealkylation sites (tertiary alicyclic amines) is 1. The van der Waals surface area contributed by atoms with Crippen molar-refractivity contribution >= 4 is 40.2 Å². The summed E-state index contributed by atoms with van der Waals surface area (Å²) >= 11 is 1.10. The monoisotopic (exact) mass is 422 g/mol. The highest BCUT2D eigenvalue weighted by Gasteiger charge is 2.27. The van der Waals surface area contributed by atoms with E-state index in [2.05, 4.69) is 14.7 Å². The standard InChI is InChI=1S/C20H30N4O4S/c1-15(25)14-16-21-20(29-23-16)22-17(26)10-8-6-4-2-3-5-7-9-13-24-18(27)11-12-19(24)28/h2-14H2,1H3,(H,21,22,23,26). The van der Waals surface area contributed by atoms with Crippen LogP contribution in [0.4, 0.5) is 5.13 Å². The Hall–Kier alpha value is -2.16. The second kappa shape index (κ2) is 12.4. The first-order chi connectivity index (χ1) is 14.0. The van der Waals surface area contributed by atoms with Crippen molar-refractivity contribution in [3.05, 3.63) is 5.82 Å². The summed E-state index contributed by atoms with van der Waals surface area (Å²) in [7, 11) is 0. The van der Waals surface area contributed by atoms with Crippen LogP contribution >= 0.6 is 11.5 Å². The van der Waals surface area contributed by atoms with Gasteiger partial charge in [-0.25, -0.2) is 4.98 Å². The molecular formula is C20H30N4O4S. The lowest BCUT2D eigenvalue weighted by molar-refractivity contribution is -0.138. The van der Waals surface area contributed by atoms with E-state index in [0.29, 0.717) is 36.8 Å². The van der Waals surface area contributed by atoms with E-state index in [4.69, 9.17) is 0 Å². The Kier molecular flexibility index (Phi) is 9.90. The minimum atomic E-state index is -0.0680.